The number of benzene rings is 3. The average molecular weight is 601 g/mol. The lowest BCUT2D eigenvalue weighted by molar-refractivity contribution is -0.162. The molecular formula is C29H29FN2O9S. The monoisotopic (exact) mass is 600 g/mol. The molecule has 0 bridgehead atoms. The van der Waals surface area contributed by atoms with Gasteiger partial charge in [0.25, 0.3) is 0 Å². The summed E-state index contributed by atoms with van der Waals surface area (Å²) in [5.41, 5.74) is -0.0100. The molecule has 42 heavy (non-hydrogen) atoms. The van der Waals surface area contributed by atoms with Crippen LogP contribution in [0.25, 0.3) is 0 Å². The standard InChI is InChI=1S/C29H29FN2O9S/c1-19(33)39-20(2)40-28(36)31-26(27(34)35)15-21-8-6-13-25(14-21)42(37,38)32-17-29(18-32,22-9-4-3-5-10-22)41-24-12-7-11-23(30)16-24/h3-14,16,20,26H,15,17-18H2,1-2H3,(H,31,36)(H,34,35)/t20?,26-/m0/s1. The van der Waals surface area contributed by atoms with Gasteiger partial charge < -0.3 is 24.6 Å². The van der Waals surface area contributed by atoms with Gasteiger partial charge in [-0.2, -0.15) is 4.31 Å². The van der Waals surface area contributed by atoms with Gasteiger partial charge in [0.05, 0.1) is 18.0 Å². The lowest BCUT2D eigenvalue weighted by atomic mass is 9.87. The zero-order valence-electron chi connectivity index (χ0n) is 22.7. The highest BCUT2D eigenvalue weighted by molar-refractivity contribution is 7.89. The van der Waals surface area contributed by atoms with E-state index in [0.29, 0.717) is 5.56 Å². The number of carbonyl (C=O) groups excluding carboxylic acids is 2. The Balaban J connectivity index is 1.49. The number of hydrogen-bond acceptors (Lipinski definition) is 8. The lowest BCUT2D eigenvalue weighted by Gasteiger charge is -2.48. The molecule has 4 rings (SSSR count). The first-order valence-electron chi connectivity index (χ1n) is 12.8. The van der Waals surface area contributed by atoms with Crippen LogP contribution in [0, 0.1) is 5.82 Å². The predicted molar refractivity (Wildman–Crippen MR) is 146 cm³/mol. The summed E-state index contributed by atoms with van der Waals surface area (Å²) in [5.74, 6) is -2.30. The number of carboxylic acid groups (broad SMARTS) is 1. The molecule has 2 N–H and O–H groups in total. The van der Waals surface area contributed by atoms with Crippen LogP contribution in [0.15, 0.2) is 83.8 Å². The topological polar surface area (TPSA) is 149 Å². The Morgan fingerprint density at radius 1 is 1.00 bits per heavy atom. The summed E-state index contributed by atoms with van der Waals surface area (Å²) in [6.45, 7) is 2.31. The van der Waals surface area contributed by atoms with E-state index in [4.69, 9.17) is 9.47 Å². The fourth-order valence-electron chi connectivity index (χ4n) is 4.50. The first-order chi connectivity index (χ1) is 19.9. The molecule has 0 radical (unpaired) electrons. The van der Waals surface area contributed by atoms with E-state index in [1.165, 1.54) is 53.7 Å². The van der Waals surface area contributed by atoms with Crippen LogP contribution in [0.4, 0.5) is 9.18 Å². The highest BCUT2D eigenvalue weighted by atomic mass is 32.2. The average Bonchev–Trinajstić information content (AvgIpc) is 2.90. The van der Waals surface area contributed by atoms with E-state index < -0.39 is 51.8 Å². The minimum Gasteiger partial charge on any atom is -0.480 e. The molecule has 0 aliphatic carbocycles. The fourth-order valence-corrected chi connectivity index (χ4v) is 6.11. The molecule has 11 nitrogen and oxygen atoms in total. The Labute approximate surface area is 241 Å². The number of nitrogens with zero attached hydrogens (tertiary/aromatic N) is 1. The summed E-state index contributed by atoms with van der Waals surface area (Å²) in [6, 6.07) is 18.9. The van der Waals surface area contributed by atoms with Gasteiger partial charge in [-0.1, -0.05) is 48.5 Å². The van der Waals surface area contributed by atoms with Gasteiger partial charge in [0.1, 0.15) is 17.6 Å². The van der Waals surface area contributed by atoms with Gasteiger partial charge in [-0.15, -0.1) is 0 Å². The van der Waals surface area contributed by atoms with Crippen molar-refractivity contribution in [1.82, 2.24) is 9.62 Å². The van der Waals surface area contributed by atoms with Gasteiger partial charge in [-0.25, -0.2) is 22.4 Å². The summed E-state index contributed by atoms with van der Waals surface area (Å²) >= 11 is 0. The number of carbonyl (C=O) groups is 3. The Bertz CT molecular complexity index is 1560. The molecule has 3 aromatic carbocycles. The van der Waals surface area contributed by atoms with E-state index in [-0.39, 0.29) is 30.2 Å². The number of aliphatic carboxylic acids is 1. The highest BCUT2D eigenvalue weighted by Crippen LogP contribution is 2.40. The summed E-state index contributed by atoms with van der Waals surface area (Å²) < 4.78 is 57.9. The summed E-state index contributed by atoms with van der Waals surface area (Å²) in [5, 5.41) is 11.8. The van der Waals surface area contributed by atoms with E-state index in [1.807, 2.05) is 6.07 Å². The number of esters is 1. The van der Waals surface area contributed by atoms with Crippen LogP contribution in [-0.4, -0.2) is 61.3 Å². The van der Waals surface area contributed by atoms with Gasteiger partial charge in [-0.05, 0) is 35.4 Å². The van der Waals surface area contributed by atoms with Crippen molar-refractivity contribution in [2.75, 3.05) is 13.1 Å². The van der Waals surface area contributed by atoms with E-state index in [1.54, 1.807) is 30.3 Å². The summed E-state index contributed by atoms with van der Waals surface area (Å²) in [6.07, 6.45) is -2.63. The van der Waals surface area contributed by atoms with Crippen molar-refractivity contribution in [2.45, 2.75) is 43.1 Å². The van der Waals surface area contributed by atoms with Gasteiger partial charge in [0, 0.05) is 26.3 Å². The minimum absolute atomic E-state index is 0.0498. The Morgan fingerprint density at radius 2 is 1.69 bits per heavy atom. The largest absolute Gasteiger partial charge is 0.480 e. The van der Waals surface area contributed by atoms with E-state index in [9.17, 15) is 32.3 Å². The van der Waals surface area contributed by atoms with Crippen molar-refractivity contribution >= 4 is 28.1 Å². The van der Waals surface area contributed by atoms with Crippen LogP contribution in [0.2, 0.25) is 0 Å². The number of rotatable bonds is 11. The van der Waals surface area contributed by atoms with Gasteiger partial charge in [-0.3, -0.25) is 4.79 Å². The molecule has 222 valence electrons. The maximum absolute atomic E-state index is 13.8. The van der Waals surface area contributed by atoms with Crippen molar-refractivity contribution in [2.24, 2.45) is 0 Å². The Kier molecular flexibility index (Phi) is 9.12. The number of halogens is 1. The Hall–Kier alpha value is -4.49. The van der Waals surface area contributed by atoms with Gasteiger partial charge >= 0.3 is 18.0 Å². The van der Waals surface area contributed by atoms with Crippen LogP contribution in [-0.2, 0) is 41.1 Å². The van der Waals surface area contributed by atoms with Gasteiger partial charge in [0.2, 0.25) is 16.3 Å². The minimum atomic E-state index is -4.04. The van der Waals surface area contributed by atoms with E-state index in [0.717, 1.165) is 12.5 Å². The van der Waals surface area contributed by atoms with Gasteiger partial charge in [0.15, 0.2) is 5.60 Å². The van der Waals surface area contributed by atoms with Crippen molar-refractivity contribution < 1.29 is 46.5 Å². The van der Waals surface area contributed by atoms with Crippen molar-refractivity contribution in [3.8, 4) is 5.75 Å². The number of amides is 1. The molecule has 0 saturated carbocycles. The Morgan fingerprint density at radius 3 is 2.33 bits per heavy atom. The number of sulfonamides is 1. The number of nitrogens with one attached hydrogen (secondary N) is 1. The molecule has 1 amide bonds. The van der Waals surface area contributed by atoms with Crippen LogP contribution < -0.4 is 10.1 Å². The van der Waals surface area contributed by atoms with Crippen molar-refractivity contribution in [3.05, 3.63) is 95.8 Å². The molecule has 2 atom stereocenters. The van der Waals surface area contributed by atoms with Crippen molar-refractivity contribution in [3.63, 3.8) is 0 Å². The quantitative estimate of drug-likeness (QED) is 0.249. The predicted octanol–water partition coefficient (Wildman–Crippen LogP) is 3.44. The van der Waals surface area contributed by atoms with E-state index >= 15 is 0 Å². The number of alkyl carbamates (subject to hydrolysis) is 1. The molecule has 1 fully saturated rings. The van der Waals surface area contributed by atoms with Crippen LogP contribution in [0.1, 0.15) is 25.0 Å². The van der Waals surface area contributed by atoms with Crippen LogP contribution >= 0.6 is 0 Å². The molecule has 13 heteroatoms. The second-order valence-electron chi connectivity index (χ2n) is 9.66. The summed E-state index contributed by atoms with van der Waals surface area (Å²) in [4.78, 5) is 34.8. The second kappa shape index (κ2) is 12.6. The number of ether oxygens (including phenoxy) is 3. The molecule has 1 aliphatic heterocycles. The third kappa shape index (κ3) is 7.22. The zero-order valence-corrected chi connectivity index (χ0v) is 23.5. The number of carboxylic acids is 1. The molecule has 3 aromatic rings. The third-order valence-corrected chi connectivity index (χ3v) is 8.23. The molecule has 1 saturated heterocycles. The molecular weight excluding hydrogens is 571 g/mol. The first-order valence-corrected chi connectivity index (χ1v) is 14.3. The molecule has 0 aromatic heterocycles. The SMILES string of the molecule is CC(=O)OC(C)OC(=O)N[C@@H](Cc1cccc(S(=O)(=O)N2CC(Oc3cccc(F)c3)(c3ccccc3)C2)c1)C(=O)O. The summed E-state index contributed by atoms with van der Waals surface area (Å²) in [7, 11) is -4.04. The third-order valence-electron chi connectivity index (χ3n) is 6.44. The lowest BCUT2D eigenvalue weighted by Crippen LogP contribution is -2.64. The molecule has 1 aliphatic rings. The van der Waals surface area contributed by atoms with Crippen molar-refractivity contribution in [1.29, 1.82) is 0 Å². The first kappa shape index (κ1) is 30.5. The van der Waals surface area contributed by atoms with E-state index in [2.05, 4.69) is 10.1 Å². The molecule has 1 unspecified atom stereocenters. The van der Waals surface area contributed by atoms with Crippen LogP contribution in [0.5, 0.6) is 5.75 Å². The molecule has 0 spiro atoms. The second-order valence-corrected chi connectivity index (χ2v) is 11.6. The smallest absolute Gasteiger partial charge is 0.410 e. The fraction of sp³-hybridized carbons (Fsp3) is 0.276. The maximum atomic E-state index is 13.8. The van der Waals surface area contributed by atoms with Crippen LogP contribution in [0.3, 0.4) is 0 Å². The maximum Gasteiger partial charge on any atom is 0.410 e. The molecule has 1 heterocycles. The normalized spacial score (nSPS) is 15.9. The highest BCUT2D eigenvalue weighted by Gasteiger charge is 2.52. The zero-order chi connectivity index (χ0) is 30.5. The number of hydrogen-bond donors (Lipinski definition) is 2.